The predicted molar refractivity (Wildman–Crippen MR) is 67.6 cm³/mol. The highest BCUT2D eigenvalue weighted by molar-refractivity contribution is 6.31. The second-order valence-electron chi connectivity index (χ2n) is 3.95. The highest BCUT2D eigenvalue weighted by Gasteiger charge is 2.06. The van der Waals surface area contributed by atoms with Crippen molar-refractivity contribution in [3.63, 3.8) is 0 Å². The average Bonchev–Trinajstić information content (AvgIpc) is 2.35. The van der Waals surface area contributed by atoms with Crippen molar-refractivity contribution in [3.05, 3.63) is 34.6 Å². The lowest BCUT2D eigenvalue weighted by atomic mass is 10.2. The molecule has 0 amide bonds. The van der Waals surface area contributed by atoms with Crippen LogP contribution >= 0.6 is 11.6 Å². The molecule has 1 saturated heterocycles. The normalized spacial score (nSPS) is 16.4. The van der Waals surface area contributed by atoms with Gasteiger partial charge >= 0.3 is 0 Å². The van der Waals surface area contributed by atoms with Gasteiger partial charge in [-0.1, -0.05) is 23.4 Å². The van der Waals surface area contributed by atoms with Crippen molar-refractivity contribution in [3.8, 4) is 11.8 Å². The minimum atomic E-state index is -0.305. The first kappa shape index (κ1) is 12.4. The molecule has 0 saturated carbocycles. The predicted octanol–water partition coefficient (Wildman–Crippen LogP) is 1.74. The molecule has 0 spiro atoms. The van der Waals surface area contributed by atoms with Crippen LogP contribution in [0.5, 0.6) is 0 Å². The molecule has 1 aromatic rings. The molecule has 17 heavy (non-hydrogen) atoms. The third-order valence-corrected chi connectivity index (χ3v) is 2.99. The molecule has 0 bridgehead atoms. The number of hydrogen-bond acceptors (Lipinski definition) is 2. The Morgan fingerprint density at radius 2 is 2.12 bits per heavy atom. The maximum absolute atomic E-state index is 13.0. The molecule has 1 heterocycles. The molecule has 1 aliphatic heterocycles. The second-order valence-corrected chi connectivity index (χ2v) is 4.36. The Bertz CT molecular complexity index is 444. The second kappa shape index (κ2) is 6.02. The van der Waals surface area contributed by atoms with Gasteiger partial charge in [-0.15, -0.1) is 0 Å². The Morgan fingerprint density at radius 1 is 1.35 bits per heavy atom. The van der Waals surface area contributed by atoms with Gasteiger partial charge in [0.2, 0.25) is 0 Å². The van der Waals surface area contributed by atoms with Crippen molar-refractivity contribution in [2.45, 2.75) is 0 Å². The van der Waals surface area contributed by atoms with Gasteiger partial charge in [-0.2, -0.15) is 0 Å². The van der Waals surface area contributed by atoms with Crippen molar-refractivity contribution in [1.29, 1.82) is 0 Å². The van der Waals surface area contributed by atoms with E-state index in [1.807, 2.05) is 0 Å². The number of benzene rings is 1. The molecule has 0 aromatic heterocycles. The van der Waals surface area contributed by atoms with E-state index in [0.717, 1.165) is 26.2 Å². The molecule has 1 fully saturated rings. The fourth-order valence-electron chi connectivity index (χ4n) is 1.71. The van der Waals surface area contributed by atoms with Crippen molar-refractivity contribution >= 4 is 11.6 Å². The number of rotatable bonds is 1. The van der Waals surface area contributed by atoms with E-state index in [0.29, 0.717) is 17.1 Å². The molecule has 2 nitrogen and oxygen atoms in total. The minimum absolute atomic E-state index is 0.305. The molecule has 0 radical (unpaired) electrons. The van der Waals surface area contributed by atoms with E-state index < -0.39 is 0 Å². The topological polar surface area (TPSA) is 15.3 Å². The largest absolute Gasteiger partial charge is 0.314 e. The van der Waals surface area contributed by atoms with E-state index in [1.54, 1.807) is 0 Å². The summed E-state index contributed by atoms with van der Waals surface area (Å²) in [4.78, 5) is 2.26. The van der Waals surface area contributed by atoms with Gasteiger partial charge in [0.15, 0.2) is 0 Å². The number of hydrogen-bond donors (Lipinski definition) is 1. The van der Waals surface area contributed by atoms with Gasteiger partial charge in [-0.25, -0.2) is 4.39 Å². The van der Waals surface area contributed by atoms with Crippen molar-refractivity contribution in [2.75, 3.05) is 32.7 Å². The minimum Gasteiger partial charge on any atom is -0.314 e. The quantitative estimate of drug-likeness (QED) is 0.766. The maximum atomic E-state index is 13.0. The summed E-state index contributed by atoms with van der Waals surface area (Å²) in [6.07, 6.45) is 0. The standard InChI is InChI=1S/C13H14ClFN2/c14-13-4-3-12(15)10-11(13)2-1-7-17-8-5-16-6-9-17/h3-4,10,16H,5-9H2. The Labute approximate surface area is 106 Å². The van der Waals surface area contributed by atoms with Crippen LogP contribution in [-0.2, 0) is 0 Å². The van der Waals surface area contributed by atoms with Crippen LogP contribution in [0.15, 0.2) is 18.2 Å². The summed E-state index contributed by atoms with van der Waals surface area (Å²) < 4.78 is 13.0. The van der Waals surface area contributed by atoms with Crippen molar-refractivity contribution in [1.82, 2.24) is 10.2 Å². The Kier molecular flexibility index (Phi) is 4.38. The molecule has 1 N–H and O–H groups in total. The van der Waals surface area contributed by atoms with Gasteiger partial charge in [0, 0.05) is 31.7 Å². The molecule has 2 rings (SSSR count). The zero-order valence-electron chi connectivity index (χ0n) is 9.47. The zero-order chi connectivity index (χ0) is 12.1. The number of halogens is 2. The average molecular weight is 253 g/mol. The molecule has 0 unspecified atom stereocenters. The van der Waals surface area contributed by atoms with Gasteiger partial charge in [0.05, 0.1) is 11.6 Å². The van der Waals surface area contributed by atoms with Crippen LogP contribution in [0.4, 0.5) is 4.39 Å². The summed E-state index contributed by atoms with van der Waals surface area (Å²) in [5.74, 6) is 5.65. The van der Waals surface area contributed by atoms with Crippen LogP contribution in [0, 0.1) is 17.7 Å². The summed E-state index contributed by atoms with van der Waals surface area (Å²) >= 11 is 5.92. The van der Waals surface area contributed by atoms with E-state index in [9.17, 15) is 4.39 Å². The van der Waals surface area contributed by atoms with E-state index in [-0.39, 0.29) is 5.82 Å². The summed E-state index contributed by atoms with van der Waals surface area (Å²) in [6.45, 7) is 4.72. The maximum Gasteiger partial charge on any atom is 0.124 e. The van der Waals surface area contributed by atoms with Gasteiger partial charge < -0.3 is 5.32 Å². The SMILES string of the molecule is Fc1ccc(Cl)c(C#CCN2CCNCC2)c1. The van der Waals surface area contributed by atoms with Crippen LogP contribution < -0.4 is 5.32 Å². The molecular weight excluding hydrogens is 239 g/mol. The van der Waals surface area contributed by atoms with Crippen LogP contribution in [-0.4, -0.2) is 37.6 Å². The van der Waals surface area contributed by atoms with Gasteiger partial charge in [-0.05, 0) is 18.2 Å². The molecule has 1 aliphatic rings. The molecule has 4 heteroatoms. The van der Waals surface area contributed by atoms with Crippen LogP contribution in [0.25, 0.3) is 0 Å². The van der Waals surface area contributed by atoms with Crippen LogP contribution in [0.2, 0.25) is 5.02 Å². The zero-order valence-corrected chi connectivity index (χ0v) is 10.2. The lowest BCUT2D eigenvalue weighted by Gasteiger charge is -2.24. The Morgan fingerprint density at radius 3 is 2.88 bits per heavy atom. The van der Waals surface area contributed by atoms with E-state index >= 15 is 0 Å². The van der Waals surface area contributed by atoms with Gasteiger partial charge in [0.25, 0.3) is 0 Å². The number of nitrogens with one attached hydrogen (secondary N) is 1. The third kappa shape index (κ3) is 3.71. The summed E-state index contributed by atoms with van der Waals surface area (Å²) in [5, 5.41) is 3.78. The van der Waals surface area contributed by atoms with E-state index in [4.69, 9.17) is 11.6 Å². The molecule has 0 aliphatic carbocycles. The van der Waals surface area contributed by atoms with Gasteiger partial charge in [0.1, 0.15) is 5.82 Å². The third-order valence-electron chi connectivity index (χ3n) is 2.66. The Hall–Kier alpha value is -1.08. The van der Waals surface area contributed by atoms with Crippen LogP contribution in [0.1, 0.15) is 5.56 Å². The summed E-state index contributed by atoms with van der Waals surface area (Å²) in [7, 11) is 0. The monoisotopic (exact) mass is 252 g/mol. The molecule has 0 atom stereocenters. The highest BCUT2D eigenvalue weighted by atomic mass is 35.5. The van der Waals surface area contributed by atoms with E-state index in [1.165, 1.54) is 18.2 Å². The molecular formula is C13H14ClFN2. The first-order valence-corrected chi connectivity index (χ1v) is 6.00. The highest BCUT2D eigenvalue weighted by Crippen LogP contribution is 2.15. The van der Waals surface area contributed by atoms with E-state index in [2.05, 4.69) is 22.1 Å². The fourth-order valence-corrected chi connectivity index (χ4v) is 1.87. The number of nitrogens with zero attached hydrogens (tertiary/aromatic N) is 1. The smallest absolute Gasteiger partial charge is 0.124 e. The summed E-state index contributed by atoms with van der Waals surface area (Å²) in [6, 6.07) is 4.24. The molecule has 90 valence electrons. The lowest BCUT2D eigenvalue weighted by molar-refractivity contribution is 0.268. The van der Waals surface area contributed by atoms with Crippen LogP contribution in [0.3, 0.4) is 0 Å². The van der Waals surface area contributed by atoms with Crippen molar-refractivity contribution < 1.29 is 4.39 Å². The number of piperazine rings is 1. The molecule has 1 aromatic carbocycles. The first-order valence-electron chi connectivity index (χ1n) is 5.63. The first-order chi connectivity index (χ1) is 8.25. The fraction of sp³-hybridized carbons (Fsp3) is 0.385. The lowest BCUT2D eigenvalue weighted by Crippen LogP contribution is -2.43. The summed E-state index contributed by atoms with van der Waals surface area (Å²) in [5.41, 5.74) is 0.557. The van der Waals surface area contributed by atoms with Gasteiger partial charge in [-0.3, -0.25) is 4.90 Å². The van der Waals surface area contributed by atoms with Crippen molar-refractivity contribution in [2.24, 2.45) is 0 Å². The Balaban J connectivity index is 1.98.